The molecular weight excluding hydrogens is 701 g/mol. The Balaban J connectivity index is 1.16. The topological polar surface area (TPSA) is 165 Å². The Kier molecular flexibility index (Phi) is 10.2. The second-order valence-corrected chi connectivity index (χ2v) is 18.7. The van der Waals surface area contributed by atoms with Gasteiger partial charge in [0.1, 0.15) is 5.75 Å². The van der Waals surface area contributed by atoms with Crippen molar-refractivity contribution in [1.29, 1.82) is 0 Å². The van der Waals surface area contributed by atoms with E-state index in [1.54, 1.807) is 47.0 Å². The van der Waals surface area contributed by atoms with E-state index in [4.69, 9.17) is 15.2 Å². The van der Waals surface area contributed by atoms with E-state index in [0.29, 0.717) is 52.6 Å². The first kappa shape index (κ1) is 37.0. The number of rotatable bonds is 12. The summed E-state index contributed by atoms with van der Waals surface area (Å²) >= 11 is 0. The number of carbonyl (C=O) groups excluding carboxylic acids is 2. The fraction of sp³-hybridized carbons (Fsp3) is 0.317. The van der Waals surface area contributed by atoms with Crippen LogP contribution in [0.4, 0.5) is 17.1 Å². The van der Waals surface area contributed by atoms with E-state index in [9.17, 15) is 19.5 Å². The number of aliphatic hydroxyl groups is 1. The lowest BCUT2D eigenvalue weighted by Gasteiger charge is -2.32. The summed E-state index contributed by atoms with van der Waals surface area (Å²) in [6.45, 7) is 6.36. The number of amides is 2. The fourth-order valence-electron chi connectivity index (χ4n) is 8.28. The number of aromatic nitrogens is 3. The zero-order valence-corrected chi connectivity index (χ0v) is 31.8. The van der Waals surface area contributed by atoms with E-state index in [-0.39, 0.29) is 42.3 Å². The lowest BCUT2D eigenvalue weighted by molar-refractivity contribution is -0.146. The molecule has 0 saturated carbocycles. The van der Waals surface area contributed by atoms with Crippen molar-refractivity contribution in [2.24, 2.45) is 5.92 Å². The molecule has 5 aromatic rings. The van der Waals surface area contributed by atoms with E-state index in [1.165, 1.54) is 0 Å². The number of carbonyl (C=O) groups is 2. The van der Waals surface area contributed by atoms with Crippen molar-refractivity contribution in [2.75, 3.05) is 29.7 Å². The zero-order chi connectivity index (χ0) is 38.2. The van der Waals surface area contributed by atoms with Crippen molar-refractivity contribution in [3.05, 3.63) is 131 Å². The number of hydrogen-bond donors (Lipinski definition) is 4. The Morgan fingerprint density at radius 3 is 2.52 bits per heavy atom. The molecule has 1 aromatic heterocycles. The molecule has 0 aliphatic carbocycles. The third kappa shape index (κ3) is 6.91. The minimum absolute atomic E-state index is 0.106. The molecule has 1 fully saturated rings. The van der Waals surface area contributed by atoms with Crippen LogP contribution in [0.5, 0.6) is 5.75 Å². The van der Waals surface area contributed by atoms with Crippen LogP contribution >= 0.6 is 0 Å². The number of methoxy groups -OCH3 is 1. The molecule has 0 radical (unpaired) electrons. The summed E-state index contributed by atoms with van der Waals surface area (Å²) < 4.78 is 14.4. The molecule has 1 saturated heterocycles. The largest absolute Gasteiger partial charge is 0.497 e. The first-order chi connectivity index (χ1) is 25.9. The SMILES string of the molecule is COc1ccc2c(c1)[C@@]1(O[C@H](CCn3cc(C(CO)c4ccccc4)nn3)[C@@H]([Si](C)(C)O)[C@@H]1C)C(=O)N2Cc1cccc(NC(=O)c2ccc(N)cc2)c1. The summed E-state index contributed by atoms with van der Waals surface area (Å²) in [5.41, 5.74) is 9.61. The number of anilines is 3. The van der Waals surface area contributed by atoms with Crippen LogP contribution in [0.25, 0.3) is 0 Å². The van der Waals surface area contributed by atoms with Gasteiger partial charge in [-0.25, -0.2) is 0 Å². The molecule has 5 atom stereocenters. The Hall–Kier alpha value is -5.34. The number of aliphatic hydroxyl groups excluding tert-OH is 1. The number of nitrogens with zero attached hydrogens (tertiary/aromatic N) is 4. The second-order valence-electron chi connectivity index (χ2n) is 14.8. The number of benzene rings is 4. The van der Waals surface area contributed by atoms with Gasteiger partial charge in [0.25, 0.3) is 11.8 Å². The van der Waals surface area contributed by atoms with Crippen LogP contribution in [-0.2, 0) is 28.2 Å². The molecule has 5 N–H and O–H groups in total. The molecule has 2 aliphatic heterocycles. The molecule has 280 valence electrons. The average Bonchev–Trinajstić information content (AvgIpc) is 3.82. The molecule has 3 heterocycles. The fourth-order valence-corrected chi connectivity index (χ4v) is 10.9. The van der Waals surface area contributed by atoms with Gasteiger partial charge in [-0.15, -0.1) is 5.10 Å². The number of fused-ring (bicyclic) bond motifs is 2. The van der Waals surface area contributed by atoms with Gasteiger partial charge in [-0.3, -0.25) is 14.3 Å². The van der Waals surface area contributed by atoms with Gasteiger partial charge in [0.2, 0.25) is 0 Å². The lowest BCUT2D eigenvalue weighted by Crippen LogP contribution is -2.46. The van der Waals surface area contributed by atoms with Crippen molar-refractivity contribution < 1.29 is 29.0 Å². The van der Waals surface area contributed by atoms with Crippen LogP contribution in [-0.4, -0.2) is 64.8 Å². The van der Waals surface area contributed by atoms with Crippen molar-refractivity contribution in [1.82, 2.24) is 15.0 Å². The van der Waals surface area contributed by atoms with Gasteiger partial charge < -0.3 is 35.3 Å². The maximum Gasteiger partial charge on any atom is 0.264 e. The Morgan fingerprint density at radius 2 is 1.81 bits per heavy atom. The third-order valence-electron chi connectivity index (χ3n) is 10.8. The first-order valence-corrected chi connectivity index (χ1v) is 21.2. The lowest BCUT2D eigenvalue weighted by atomic mass is 9.82. The van der Waals surface area contributed by atoms with Crippen LogP contribution in [0.2, 0.25) is 18.6 Å². The molecule has 4 aromatic carbocycles. The average molecular weight is 747 g/mol. The zero-order valence-electron chi connectivity index (χ0n) is 30.8. The summed E-state index contributed by atoms with van der Waals surface area (Å²) in [5.74, 6) is -0.563. The minimum Gasteiger partial charge on any atom is -0.497 e. The number of nitrogen functional groups attached to an aromatic ring is 1. The summed E-state index contributed by atoms with van der Waals surface area (Å²) in [6, 6.07) is 29.4. The van der Waals surface area contributed by atoms with Crippen LogP contribution in [0.1, 0.15) is 52.0 Å². The molecule has 12 nitrogen and oxygen atoms in total. The summed E-state index contributed by atoms with van der Waals surface area (Å²) in [5, 5.41) is 21.9. The predicted octanol–water partition coefficient (Wildman–Crippen LogP) is 5.68. The molecule has 1 spiro atoms. The van der Waals surface area contributed by atoms with E-state index < -0.39 is 20.0 Å². The number of nitrogens with two attached hydrogens (primary N) is 1. The van der Waals surface area contributed by atoms with Gasteiger partial charge in [0.15, 0.2) is 13.9 Å². The normalized spacial score (nSPS) is 21.3. The van der Waals surface area contributed by atoms with Crippen LogP contribution < -0.4 is 20.7 Å². The smallest absolute Gasteiger partial charge is 0.264 e. The summed E-state index contributed by atoms with van der Waals surface area (Å²) in [7, 11) is -1.33. The van der Waals surface area contributed by atoms with Crippen LogP contribution in [0, 0.1) is 5.92 Å². The highest BCUT2D eigenvalue weighted by Gasteiger charge is 2.66. The van der Waals surface area contributed by atoms with Crippen molar-refractivity contribution >= 4 is 37.2 Å². The van der Waals surface area contributed by atoms with Gasteiger partial charge in [-0.2, -0.15) is 0 Å². The Morgan fingerprint density at radius 1 is 1.06 bits per heavy atom. The molecule has 1 unspecified atom stereocenters. The van der Waals surface area contributed by atoms with E-state index >= 15 is 0 Å². The highest BCUT2D eigenvalue weighted by molar-refractivity contribution is 6.71. The van der Waals surface area contributed by atoms with Gasteiger partial charge in [0.05, 0.1) is 43.7 Å². The quantitative estimate of drug-likeness (QED) is 0.0929. The van der Waals surface area contributed by atoms with E-state index in [2.05, 4.69) is 15.6 Å². The summed E-state index contributed by atoms with van der Waals surface area (Å²) in [6.07, 6.45) is 1.86. The molecule has 54 heavy (non-hydrogen) atoms. The first-order valence-electron chi connectivity index (χ1n) is 18.1. The predicted molar refractivity (Wildman–Crippen MR) is 209 cm³/mol. The van der Waals surface area contributed by atoms with Crippen LogP contribution in [0.3, 0.4) is 0 Å². The number of hydrogen-bond acceptors (Lipinski definition) is 9. The van der Waals surface area contributed by atoms with E-state index in [0.717, 1.165) is 11.1 Å². The standard InChI is InChI=1S/C41H46N6O6Si/c1-26-38(54(3,4)51)37(19-20-46-24-35(44-45-46)33(25-48)28-10-6-5-7-11-28)53-41(26)34-22-32(52-2)17-18-36(34)47(40(41)50)23-27-9-8-12-31(21-27)43-39(49)29-13-15-30(42)16-14-29/h5-18,21-22,24,26,33,37-38,48,51H,19-20,23,25,42H2,1-4H3,(H,43,49)/t26-,33?,37+,38-,41+/m0/s1. The van der Waals surface area contributed by atoms with Gasteiger partial charge in [-0.05, 0) is 85.2 Å². The maximum absolute atomic E-state index is 15.0. The molecule has 7 rings (SSSR count). The number of ether oxygens (including phenoxy) is 2. The van der Waals surface area contributed by atoms with Gasteiger partial charge in [-0.1, -0.05) is 54.6 Å². The second kappa shape index (κ2) is 14.8. The molecular formula is C41H46N6O6Si. The highest BCUT2D eigenvalue weighted by Crippen LogP contribution is 2.60. The Labute approximate surface area is 315 Å². The van der Waals surface area contributed by atoms with Gasteiger partial charge in [0, 0.05) is 46.7 Å². The maximum atomic E-state index is 15.0. The Bertz CT molecular complexity index is 2140. The van der Waals surface area contributed by atoms with E-state index in [1.807, 2.05) is 92.9 Å². The number of aryl methyl sites for hydroxylation is 1. The van der Waals surface area contributed by atoms with Crippen molar-refractivity contribution in [2.45, 2.75) is 62.7 Å². The van der Waals surface area contributed by atoms with Crippen molar-refractivity contribution in [3.8, 4) is 5.75 Å². The molecule has 13 heteroatoms. The highest BCUT2D eigenvalue weighted by atomic mass is 28.4. The van der Waals surface area contributed by atoms with Crippen LogP contribution in [0.15, 0.2) is 103 Å². The molecule has 0 bridgehead atoms. The summed E-state index contributed by atoms with van der Waals surface area (Å²) in [4.78, 5) is 41.5. The third-order valence-corrected chi connectivity index (χ3v) is 13.3. The minimum atomic E-state index is -2.92. The molecule has 2 aliphatic rings. The van der Waals surface area contributed by atoms with Gasteiger partial charge >= 0.3 is 0 Å². The monoisotopic (exact) mass is 746 g/mol. The number of nitrogens with one attached hydrogen (secondary N) is 1. The van der Waals surface area contributed by atoms with Crippen molar-refractivity contribution in [3.63, 3.8) is 0 Å². The molecule has 2 amide bonds.